The average molecular weight is 218 g/mol. The molecule has 0 radical (unpaired) electrons. The summed E-state index contributed by atoms with van der Waals surface area (Å²) in [5.74, 6) is -0.0521. The molecule has 1 aromatic rings. The number of nitrogens with zero attached hydrogens (tertiary/aromatic N) is 1. The molecule has 1 rings (SSSR count). The van der Waals surface area contributed by atoms with E-state index in [0.29, 0.717) is 13.1 Å². The van der Waals surface area contributed by atoms with Gasteiger partial charge in [-0.15, -0.1) is 6.58 Å². The first-order chi connectivity index (χ1) is 7.65. The molecule has 0 bridgehead atoms. The summed E-state index contributed by atoms with van der Waals surface area (Å²) in [5.41, 5.74) is 6.69. The van der Waals surface area contributed by atoms with Crippen molar-refractivity contribution >= 4 is 5.91 Å². The van der Waals surface area contributed by atoms with Gasteiger partial charge in [-0.2, -0.15) is 0 Å². The van der Waals surface area contributed by atoms with Gasteiger partial charge in [-0.3, -0.25) is 4.79 Å². The van der Waals surface area contributed by atoms with Gasteiger partial charge >= 0.3 is 0 Å². The number of hydrogen-bond donors (Lipinski definition) is 1. The van der Waals surface area contributed by atoms with Gasteiger partial charge in [0.1, 0.15) is 0 Å². The van der Waals surface area contributed by atoms with E-state index >= 15 is 0 Å². The summed E-state index contributed by atoms with van der Waals surface area (Å²) in [6.07, 6.45) is 1.71. The largest absolute Gasteiger partial charge is 0.333 e. The van der Waals surface area contributed by atoms with Crippen molar-refractivity contribution in [1.29, 1.82) is 0 Å². The van der Waals surface area contributed by atoms with Crippen molar-refractivity contribution in [3.8, 4) is 0 Å². The smallest absolute Gasteiger partial charge is 0.239 e. The molecule has 3 nitrogen and oxygen atoms in total. The minimum Gasteiger partial charge on any atom is -0.333 e. The van der Waals surface area contributed by atoms with Gasteiger partial charge in [0.2, 0.25) is 5.91 Å². The van der Waals surface area contributed by atoms with E-state index in [-0.39, 0.29) is 5.91 Å². The van der Waals surface area contributed by atoms with E-state index in [9.17, 15) is 4.79 Å². The molecule has 0 aliphatic heterocycles. The molecule has 1 aromatic carbocycles. The zero-order valence-corrected chi connectivity index (χ0v) is 9.60. The SMILES string of the molecule is C=CCN(Cc1ccccc1)C(=O)[C@H](C)N. The highest BCUT2D eigenvalue weighted by atomic mass is 16.2. The molecule has 0 saturated heterocycles. The maximum absolute atomic E-state index is 11.8. The van der Waals surface area contributed by atoms with Crippen LogP contribution >= 0.6 is 0 Å². The first-order valence-corrected chi connectivity index (χ1v) is 5.34. The number of rotatable bonds is 5. The topological polar surface area (TPSA) is 46.3 Å². The van der Waals surface area contributed by atoms with E-state index in [2.05, 4.69) is 6.58 Å². The lowest BCUT2D eigenvalue weighted by molar-refractivity contribution is -0.132. The average Bonchev–Trinajstić information content (AvgIpc) is 2.29. The second-order valence-corrected chi connectivity index (χ2v) is 3.78. The highest BCUT2D eigenvalue weighted by Gasteiger charge is 2.16. The van der Waals surface area contributed by atoms with Crippen molar-refractivity contribution < 1.29 is 4.79 Å². The van der Waals surface area contributed by atoms with Crippen molar-refractivity contribution in [1.82, 2.24) is 4.90 Å². The van der Waals surface area contributed by atoms with E-state index in [4.69, 9.17) is 5.73 Å². The summed E-state index contributed by atoms with van der Waals surface area (Å²) in [6, 6.07) is 9.38. The highest BCUT2D eigenvalue weighted by Crippen LogP contribution is 2.05. The van der Waals surface area contributed by atoms with Crippen molar-refractivity contribution in [2.75, 3.05) is 6.54 Å². The Labute approximate surface area is 96.6 Å². The molecule has 0 fully saturated rings. The Bertz CT molecular complexity index is 346. The molecule has 1 amide bonds. The molecule has 0 unspecified atom stereocenters. The van der Waals surface area contributed by atoms with Crippen LogP contribution in [-0.2, 0) is 11.3 Å². The van der Waals surface area contributed by atoms with Crippen molar-refractivity contribution in [3.05, 3.63) is 48.6 Å². The lowest BCUT2D eigenvalue weighted by atomic mass is 10.2. The second kappa shape index (κ2) is 6.08. The number of benzene rings is 1. The monoisotopic (exact) mass is 218 g/mol. The van der Waals surface area contributed by atoms with Crippen LogP contribution in [0.4, 0.5) is 0 Å². The predicted octanol–water partition coefficient (Wildman–Crippen LogP) is 1.55. The fourth-order valence-electron chi connectivity index (χ4n) is 1.48. The number of carbonyl (C=O) groups is 1. The quantitative estimate of drug-likeness (QED) is 0.762. The molecule has 86 valence electrons. The highest BCUT2D eigenvalue weighted by molar-refractivity contribution is 5.81. The van der Waals surface area contributed by atoms with Crippen LogP contribution in [0.5, 0.6) is 0 Å². The van der Waals surface area contributed by atoms with Crippen LogP contribution in [0.1, 0.15) is 12.5 Å². The first kappa shape index (κ1) is 12.5. The minimum atomic E-state index is -0.469. The molecule has 0 saturated carbocycles. The number of carbonyl (C=O) groups excluding carboxylic acids is 1. The summed E-state index contributed by atoms with van der Waals surface area (Å²) >= 11 is 0. The van der Waals surface area contributed by atoms with Gasteiger partial charge in [-0.25, -0.2) is 0 Å². The summed E-state index contributed by atoms with van der Waals surface area (Å²) in [7, 11) is 0. The van der Waals surface area contributed by atoms with Gasteiger partial charge in [0, 0.05) is 13.1 Å². The van der Waals surface area contributed by atoms with Crippen molar-refractivity contribution in [2.24, 2.45) is 5.73 Å². The Morgan fingerprint density at radius 2 is 2.12 bits per heavy atom. The van der Waals surface area contributed by atoms with Crippen molar-refractivity contribution in [3.63, 3.8) is 0 Å². The maximum Gasteiger partial charge on any atom is 0.239 e. The normalized spacial score (nSPS) is 11.9. The molecule has 0 heterocycles. The van der Waals surface area contributed by atoms with Gasteiger partial charge < -0.3 is 10.6 Å². The number of hydrogen-bond acceptors (Lipinski definition) is 2. The van der Waals surface area contributed by atoms with Gasteiger partial charge in [-0.05, 0) is 12.5 Å². The predicted molar refractivity (Wildman–Crippen MR) is 65.7 cm³/mol. The van der Waals surface area contributed by atoms with Crippen LogP contribution in [0.15, 0.2) is 43.0 Å². The Balaban J connectivity index is 2.72. The van der Waals surface area contributed by atoms with Crippen LogP contribution in [-0.4, -0.2) is 23.4 Å². The summed E-state index contributed by atoms with van der Waals surface area (Å²) in [6.45, 7) is 6.45. The molecule has 2 N–H and O–H groups in total. The Hall–Kier alpha value is -1.61. The van der Waals surface area contributed by atoms with Crippen molar-refractivity contribution in [2.45, 2.75) is 19.5 Å². The molecule has 16 heavy (non-hydrogen) atoms. The molecular formula is C13H18N2O. The van der Waals surface area contributed by atoms with Crippen LogP contribution in [0.3, 0.4) is 0 Å². The summed E-state index contributed by atoms with van der Waals surface area (Å²) in [4.78, 5) is 13.5. The lowest BCUT2D eigenvalue weighted by Crippen LogP contribution is -2.41. The van der Waals surface area contributed by atoms with E-state index in [0.717, 1.165) is 5.56 Å². The number of amides is 1. The van der Waals surface area contributed by atoms with Crippen LogP contribution in [0.2, 0.25) is 0 Å². The van der Waals surface area contributed by atoms with Crippen LogP contribution < -0.4 is 5.73 Å². The van der Waals surface area contributed by atoms with E-state index < -0.39 is 6.04 Å². The molecule has 3 heteroatoms. The van der Waals surface area contributed by atoms with Crippen LogP contribution in [0, 0.1) is 0 Å². The standard InChI is InChI=1S/C13H18N2O/c1-3-9-15(13(16)11(2)14)10-12-7-5-4-6-8-12/h3-8,11H,1,9-10,14H2,2H3/t11-/m0/s1. The third kappa shape index (κ3) is 3.51. The fraction of sp³-hybridized carbons (Fsp3) is 0.308. The summed E-state index contributed by atoms with van der Waals surface area (Å²) < 4.78 is 0. The Kier molecular flexibility index (Phi) is 4.73. The lowest BCUT2D eigenvalue weighted by Gasteiger charge is -2.23. The fourth-order valence-corrected chi connectivity index (χ4v) is 1.48. The molecule has 0 spiro atoms. The molecular weight excluding hydrogens is 200 g/mol. The minimum absolute atomic E-state index is 0.0521. The van der Waals surface area contributed by atoms with Gasteiger partial charge in [0.05, 0.1) is 6.04 Å². The Morgan fingerprint density at radius 1 is 1.50 bits per heavy atom. The molecule has 0 aromatic heterocycles. The van der Waals surface area contributed by atoms with Gasteiger partial charge in [-0.1, -0.05) is 36.4 Å². The molecule has 1 atom stereocenters. The van der Waals surface area contributed by atoms with E-state index in [1.165, 1.54) is 0 Å². The van der Waals surface area contributed by atoms with Crippen LogP contribution in [0.25, 0.3) is 0 Å². The Morgan fingerprint density at radius 3 is 2.62 bits per heavy atom. The number of nitrogens with two attached hydrogens (primary N) is 1. The third-order valence-corrected chi connectivity index (χ3v) is 2.27. The third-order valence-electron chi connectivity index (χ3n) is 2.27. The van der Waals surface area contributed by atoms with Gasteiger partial charge in [0.15, 0.2) is 0 Å². The first-order valence-electron chi connectivity index (χ1n) is 5.34. The van der Waals surface area contributed by atoms with E-state index in [1.54, 1.807) is 17.9 Å². The van der Waals surface area contributed by atoms with Gasteiger partial charge in [0.25, 0.3) is 0 Å². The van der Waals surface area contributed by atoms with E-state index in [1.807, 2.05) is 30.3 Å². The molecule has 0 aliphatic rings. The second-order valence-electron chi connectivity index (χ2n) is 3.78. The zero-order valence-electron chi connectivity index (χ0n) is 9.60. The maximum atomic E-state index is 11.8. The molecule has 0 aliphatic carbocycles. The zero-order chi connectivity index (χ0) is 12.0. The summed E-state index contributed by atoms with van der Waals surface area (Å²) in [5, 5.41) is 0.